The molecule has 0 saturated carbocycles. The Balaban J connectivity index is 2.10. The summed E-state index contributed by atoms with van der Waals surface area (Å²) in [5.74, 6) is 0. The van der Waals surface area contributed by atoms with Crippen molar-refractivity contribution in [2.75, 3.05) is 6.61 Å². The van der Waals surface area contributed by atoms with Crippen LogP contribution in [0.3, 0.4) is 0 Å². The second kappa shape index (κ2) is 5.36. The smallest absolute Gasteiger partial charge is 0.0431 e. The predicted octanol–water partition coefficient (Wildman–Crippen LogP) is 3.04. The van der Waals surface area contributed by atoms with Crippen LogP contribution >= 0.6 is 0 Å². The van der Waals surface area contributed by atoms with Gasteiger partial charge in [-0.2, -0.15) is 0 Å². The molecule has 1 nitrogen and oxygen atoms in total. The molecular formula is C11H20O. The Morgan fingerprint density at radius 1 is 1.17 bits per heavy atom. The lowest BCUT2D eigenvalue weighted by Gasteiger charge is -2.02. The molecule has 0 heterocycles. The van der Waals surface area contributed by atoms with Crippen LogP contribution in [0.5, 0.6) is 0 Å². The number of aliphatic hydroxyl groups is 1. The first-order valence-electron chi connectivity index (χ1n) is 5.13. The van der Waals surface area contributed by atoms with Crippen LogP contribution in [0.2, 0.25) is 0 Å². The minimum Gasteiger partial charge on any atom is -0.396 e. The first-order valence-corrected chi connectivity index (χ1v) is 5.13. The van der Waals surface area contributed by atoms with Gasteiger partial charge in [0.25, 0.3) is 0 Å². The van der Waals surface area contributed by atoms with Crippen LogP contribution in [0, 0.1) is 0 Å². The third-order valence-electron chi connectivity index (χ3n) is 2.77. The highest BCUT2D eigenvalue weighted by atomic mass is 16.2. The zero-order chi connectivity index (χ0) is 8.81. The first kappa shape index (κ1) is 9.79. The largest absolute Gasteiger partial charge is 0.396 e. The van der Waals surface area contributed by atoms with E-state index in [1.165, 1.54) is 38.5 Å². The number of hydrogen-bond donors (Lipinski definition) is 1. The van der Waals surface area contributed by atoms with Gasteiger partial charge in [-0.25, -0.2) is 0 Å². The fourth-order valence-electron chi connectivity index (χ4n) is 1.92. The highest BCUT2D eigenvalue weighted by Crippen LogP contribution is 2.29. The van der Waals surface area contributed by atoms with Crippen molar-refractivity contribution in [3.05, 3.63) is 11.1 Å². The van der Waals surface area contributed by atoms with E-state index >= 15 is 0 Å². The van der Waals surface area contributed by atoms with Gasteiger partial charge in [0.2, 0.25) is 0 Å². The monoisotopic (exact) mass is 168 g/mol. The topological polar surface area (TPSA) is 20.2 Å². The second-order valence-corrected chi connectivity index (χ2v) is 3.77. The fourth-order valence-corrected chi connectivity index (χ4v) is 1.92. The van der Waals surface area contributed by atoms with Crippen molar-refractivity contribution >= 4 is 0 Å². The molecule has 0 bridgehead atoms. The van der Waals surface area contributed by atoms with Crippen LogP contribution in [0.1, 0.15) is 51.9 Å². The molecule has 1 heteroatoms. The summed E-state index contributed by atoms with van der Waals surface area (Å²) in [5, 5.41) is 8.60. The van der Waals surface area contributed by atoms with Gasteiger partial charge in [0.05, 0.1) is 0 Å². The van der Waals surface area contributed by atoms with Crippen molar-refractivity contribution in [3.8, 4) is 0 Å². The molecule has 0 saturated heterocycles. The molecule has 1 aliphatic rings. The number of rotatable bonds is 5. The average molecular weight is 168 g/mol. The van der Waals surface area contributed by atoms with Crippen LogP contribution < -0.4 is 0 Å². The van der Waals surface area contributed by atoms with Crippen LogP contribution in [-0.2, 0) is 0 Å². The van der Waals surface area contributed by atoms with E-state index in [2.05, 4.69) is 6.92 Å². The Hall–Kier alpha value is -0.300. The maximum atomic E-state index is 8.60. The first-order chi connectivity index (χ1) is 5.84. The molecule has 0 aromatic rings. The van der Waals surface area contributed by atoms with E-state index in [1.54, 1.807) is 11.1 Å². The van der Waals surface area contributed by atoms with Gasteiger partial charge in [-0.3, -0.25) is 0 Å². The quantitative estimate of drug-likeness (QED) is 0.494. The molecule has 0 aliphatic heterocycles. The van der Waals surface area contributed by atoms with Gasteiger partial charge in [-0.1, -0.05) is 17.6 Å². The molecule has 12 heavy (non-hydrogen) atoms. The van der Waals surface area contributed by atoms with Crippen LogP contribution in [-0.4, -0.2) is 11.7 Å². The van der Waals surface area contributed by atoms with Crippen molar-refractivity contribution in [2.45, 2.75) is 51.9 Å². The van der Waals surface area contributed by atoms with E-state index in [0.717, 1.165) is 6.42 Å². The van der Waals surface area contributed by atoms with E-state index < -0.39 is 0 Å². The van der Waals surface area contributed by atoms with Crippen molar-refractivity contribution in [3.63, 3.8) is 0 Å². The minimum atomic E-state index is 0.359. The van der Waals surface area contributed by atoms with Crippen molar-refractivity contribution in [2.24, 2.45) is 0 Å². The number of unbranched alkanes of at least 4 members (excludes halogenated alkanes) is 2. The Labute approximate surface area is 75.5 Å². The molecule has 0 atom stereocenters. The molecule has 1 rings (SSSR count). The molecule has 0 spiro atoms. The lowest BCUT2D eigenvalue weighted by Crippen LogP contribution is -1.85. The minimum absolute atomic E-state index is 0.359. The normalized spacial score (nSPS) is 17.5. The molecule has 0 aromatic heterocycles. The highest BCUT2D eigenvalue weighted by molar-refractivity contribution is 5.16. The summed E-state index contributed by atoms with van der Waals surface area (Å²) < 4.78 is 0. The van der Waals surface area contributed by atoms with E-state index in [1.807, 2.05) is 0 Å². The van der Waals surface area contributed by atoms with Gasteiger partial charge in [0, 0.05) is 6.61 Å². The lowest BCUT2D eigenvalue weighted by molar-refractivity contribution is 0.283. The molecule has 0 unspecified atom stereocenters. The summed E-state index contributed by atoms with van der Waals surface area (Å²) in [6.45, 7) is 2.63. The molecule has 0 radical (unpaired) electrons. The number of aliphatic hydroxyl groups excluding tert-OH is 1. The Bertz CT molecular complexity index is 158. The Morgan fingerprint density at radius 3 is 2.58 bits per heavy atom. The van der Waals surface area contributed by atoms with E-state index in [-0.39, 0.29) is 0 Å². The van der Waals surface area contributed by atoms with Gasteiger partial charge >= 0.3 is 0 Å². The summed E-state index contributed by atoms with van der Waals surface area (Å²) in [5.41, 5.74) is 3.34. The Kier molecular flexibility index (Phi) is 4.37. The predicted molar refractivity (Wildman–Crippen MR) is 52.1 cm³/mol. The molecule has 0 fully saturated rings. The maximum Gasteiger partial charge on any atom is 0.0431 e. The summed E-state index contributed by atoms with van der Waals surface area (Å²) in [6, 6.07) is 0. The molecule has 1 N–H and O–H groups in total. The van der Waals surface area contributed by atoms with Gasteiger partial charge in [0.1, 0.15) is 0 Å². The summed E-state index contributed by atoms with van der Waals surface area (Å²) in [6.07, 6.45) is 8.76. The summed E-state index contributed by atoms with van der Waals surface area (Å²) in [7, 11) is 0. The third kappa shape index (κ3) is 2.98. The molecule has 70 valence electrons. The number of hydrogen-bond acceptors (Lipinski definition) is 1. The number of allylic oxidation sites excluding steroid dienone is 2. The van der Waals surface area contributed by atoms with Gasteiger partial charge in [0.15, 0.2) is 0 Å². The zero-order valence-electron chi connectivity index (χ0n) is 8.10. The standard InChI is InChI=1S/C11H20O/c1-10-6-5-8-11(10)7-3-2-4-9-12/h12H,2-9H2,1H3. The van der Waals surface area contributed by atoms with E-state index in [9.17, 15) is 0 Å². The van der Waals surface area contributed by atoms with Crippen molar-refractivity contribution in [1.82, 2.24) is 0 Å². The van der Waals surface area contributed by atoms with Crippen molar-refractivity contribution in [1.29, 1.82) is 0 Å². The van der Waals surface area contributed by atoms with Gasteiger partial charge in [-0.05, 0) is 45.4 Å². The zero-order valence-corrected chi connectivity index (χ0v) is 8.10. The Morgan fingerprint density at radius 2 is 2.00 bits per heavy atom. The molecule has 1 aliphatic carbocycles. The van der Waals surface area contributed by atoms with Crippen LogP contribution in [0.15, 0.2) is 11.1 Å². The lowest BCUT2D eigenvalue weighted by atomic mass is 10.0. The second-order valence-electron chi connectivity index (χ2n) is 3.77. The van der Waals surface area contributed by atoms with E-state index in [4.69, 9.17) is 5.11 Å². The maximum absolute atomic E-state index is 8.60. The third-order valence-corrected chi connectivity index (χ3v) is 2.77. The fraction of sp³-hybridized carbons (Fsp3) is 0.818. The summed E-state index contributed by atoms with van der Waals surface area (Å²) in [4.78, 5) is 0. The van der Waals surface area contributed by atoms with Gasteiger partial charge < -0.3 is 5.11 Å². The van der Waals surface area contributed by atoms with Crippen LogP contribution in [0.4, 0.5) is 0 Å². The van der Waals surface area contributed by atoms with Crippen LogP contribution in [0.25, 0.3) is 0 Å². The van der Waals surface area contributed by atoms with Crippen molar-refractivity contribution < 1.29 is 5.11 Å². The average Bonchev–Trinajstić information content (AvgIpc) is 2.46. The SMILES string of the molecule is CC1=C(CCCCCO)CCC1. The molecular weight excluding hydrogens is 148 g/mol. The highest BCUT2D eigenvalue weighted by Gasteiger charge is 2.09. The summed E-state index contributed by atoms with van der Waals surface area (Å²) >= 11 is 0. The molecule has 0 amide bonds. The molecule has 0 aromatic carbocycles. The van der Waals surface area contributed by atoms with Gasteiger partial charge in [-0.15, -0.1) is 0 Å². The van der Waals surface area contributed by atoms with E-state index in [0.29, 0.717) is 6.61 Å².